The first-order valence-electron chi connectivity index (χ1n) is 7.72. The van der Waals surface area contributed by atoms with E-state index in [-0.39, 0.29) is 6.04 Å². The van der Waals surface area contributed by atoms with E-state index in [0.717, 1.165) is 47.4 Å². The van der Waals surface area contributed by atoms with Gasteiger partial charge in [0.05, 0.1) is 6.04 Å². The van der Waals surface area contributed by atoms with E-state index in [2.05, 4.69) is 45.9 Å². The molecule has 2 aromatic rings. The van der Waals surface area contributed by atoms with Gasteiger partial charge in [-0.3, -0.25) is 4.90 Å². The molecule has 1 N–H and O–H groups in total. The summed E-state index contributed by atoms with van der Waals surface area (Å²) in [5, 5.41) is 14.3. The Hall–Kier alpha value is -1.33. The number of phenolic OH excluding ortho intramolecular Hbond substituents is 1. The van der Waals surface area contributed by atoms with E-state index in [1.165, 1.54) is 0 Å². The molecular formula is C17H21BrN2O2. The van der Waals surface area contributed by atoms with Crippen LogP contribution in [0.1, 0.15) is 55.7 Å². The van der Waals surface area contributed by atoms with Crippen molar-refractivity contribution in [2.24, 2.45) is 0 Å². The minimum absolute atomic E-state index is 0.273. The highest BCUT2D eigenvalue weighted by molar-refractivity contribution is 9.10. The van der Waals surface area contributed by atoms with Gasteiger partial charge in [0.1, 0.15) is 17.2 Å². The monoisotopic (exact) mass is 364 g/mol. The van der Waals surface area contributed by atoms with Gasteiger partial charge in [-0.15, -0.1) is 0 Å². The van der Waals surface area contributed by atoms with E-state index >= 15 is 0 Å². The Morgan fingerprint density at radius 2 is 2.23 bits per heavy atom. The van der Waals surface area contributed by atoms with Crippen LogP contribution in [0.2, 0.25) is 0 Å². The molecule has 3 rings (SSSR count). The van der Waals surface area contributed by atoms with Crippen molar-refractivity contribution in [1.82, 2.24) is 10.1 Å². The lowest BCUT2D eigenvalue weighted by Crippen LogP contribution is -2.23. The number of halogens is 1. The van der Waals surface area contributed by atoms with Gasteiger partial charge in [0.15, 0.2) is 0 Å². The molecule has 1 saturated heterocycles. The number of likely N-dealkylation sites (tertiary alicyclic amines) is 1. The van der Waals surface area contributed by atoms with Crippen molar-refractivity contribution in [3.8, 4) is 5.75 Å². The van der Waals surface area contributed by atoms with Crippen LogP contribution in [0.25, 0.3) is 0 Å². The molecule has 1 aromatic carbocycles. The van der Waals surface area contributed by atoms with Crippen molar-refractivity contribution in [1.29, 1.82) is 0 Å². The summed E-state index contributed by atoms with van der Waals surface area (Å²) in [6.07, 6.45) is 2.22. The lowest BCUT2D eigenvalue weighted by atomic mass is 10.1. The first-order chi connectivity index (χ1) is 10.5. The molecule has 1 atom stereocenters. The van der Waals surface area contributed by atoms with Gasteiger partial charge >= 0.3 is 0 Å². The molecule has 2 heterocycles. The first-order valence-corrected chi connectivity index (χ1v) is 8.52. The van der Waals surface area contributed by atoms with Crippen LogP contribution in [-0.4, -0.2) is 21.7 Å². The summed E-state index contributed by atoms with van der Waals surface area (Å²) in [7, 11) is 0. The van der Waals surface area contributed by atoms with Gasteiger partial charge in [-0.1, -0.05) is 34.9 Å². The molecular weight excluding hydrogens is 344 g/mol. The number of aromatic hydroxyl groups is 1. The van der Waals surface area contributed by atoms with E-state index in [0.29, 0.717) is 11.7 Å². The van der Waals surface area contributed by atoms with Crippen molar-refractivity contribution in [2.45, 2.75) is 45.2 Å². The number of rotatable bonds is 4. The highest BCUT2D eigenvalue weighted by Crippen LogP contribution is 2.35. The zero-order valence-corrected chi connectivity index (χ0v) is 14.5. The Bertz CT molecular complexity index is 654. The summed E-state index contributed by atoms with van der Waals surface area (Å²) < 4.78 is 6.43. The molecule has 0 spiro atoms. The molecule has 1 aliphatic rings. The van der Waals surface area contributed by atoms with Crippen molar-refractivity contribution < 1.29 is 9.63 Å². The average Bonchev–Trinajstić information content (AvgIpc) is 3.11. The maximum Gasteiger partial charge on any atom is 0.139 e. The number of hydrogen-bond acceptors (Lipinski definition) is 4. The summed E-state index contributed by atoms with van der Waals surface area (Å²) in [5.41, 5.74) is 1.95. The summed E-state index contributed by atoms with van der Waals surface area (Å²) in [6, 6.07) is 7.92. The van der Waals surface area contributed by atoms with Crippen molar-refractivity contribution in [2.75, 3.05) is 6.54 Å². The second kappa shape index (κ2) is 6.42. The van der Waals surface area contributed by atoms with Crippen LogP contribution >= 0.6 is 15.9 Å². The topological polar surface area (TPSA) is 49.5 Å². The Morgan fingerprint density at radius 1 is 1.41 bits per heavy atom. The van der Waals surface area contributed by atoms with E-state index in [1.807, 2.05) is 12.1 Å². The molecule has 1 aromatic heterocycles. The summed E-state index contributed by atoms with van der Waals surface area (Å²) in [4.78, 5) is 2.36. The van der Waals surface area contributed by atoms with E-state index in [4.69, 9.17) is 4.52 Å². The summed E-state index contributed by atoms with van der Waals surface area (Å²) in [5.74, 6) is 1.63. The predicted molar refractivity (Wildman–Crippen MR) is 88.8 cm³/mol. The fourth-order valence-electron chi connectivity index (χ4n) is 2.98. The molecule has 0 saturated carbocycles. The third-order valence-corrected chi connectivity index (χ3v) is 4.73. The molecule has 118 valence electrons. The Morgan fingerprint density at radius 3 is 2.95 bits per heavy atom. The standard InChI is InChI=1S/C17H21BrN2O2/c1-11(2)17-9-14(19-22-17)15-4-3-7-20(15)10-12-8-13(18)5-6-16(12)21/h5-6,8-9,11,15,21H,3-4,7,10H2,1-2H3/t15-/m0/s1. The van der Waals surface area contributed by atoms with Crippen molar-refractivity contribution in [3.05, 3.63) is 45.8 Å². The van der Waals surface area contributed by atoms with E-state index in [1.54, 1.807) is 6.07 Å². The molecule has 0 bridgehead atoms. The molecule has 0 radical (unpaired) electrons. The Kier molecular flexibility index (Phi) is 4.54. The average molecular weight is 365 g/mol. The largest absolute Gasteiger partial charge is 0.508 e. The number of aromatic nitrogens is 1. The lowest BCUT2D eigenvalue weighted by molar-refractivity contribution is 0.233. The van der Waals surface area contributed by atoms with Crippen molar-refractivity contribution in [3.63, 3.8) is 0 Å². The molecule has 0 unspecified atom stereocenters. The third-order valence-electron chi connectivity index (χ3n) is 4.24. The third kappa shape index (κ3) is 3.20. The number of phenols is 1. The molecule has 1 fully saturated rings. The fourth-order valence-corrected chi connectivity index (χ4v) is 3.39. The van der Waals surface area contributed by atoms with Gasteiger partial charge in [0, 0.05) is 28.6 Å². The van der Waals surface area contributed by atoms with Crippen molar-refractivity contribution >= 4 is 15.9 Å². The quantitative estimate of drug-likeness (QED) is 0.860. The fraction of sp³-hybridized carbons (Fsp3) is 0.471. The number of nitrogens with zero attached hydrogens (tertiary/aromatic N) is 2. The van der Waals surface area contributed by atoms with Gasteiger partial charge in [-0.05, 0) is 37.6 Å². The second-order valence-corrected chi connectivity index (χ2v) is 7.13. The zero-order valence-electron chi connectivity index (χ0n) is 12.9. The van der Waals surface area contributed by atoms with Gasteiger partial charge in [-0.25, -0.2) is 0 Å². The maximum atomic E-state index is 10.0. The zero-order chi connectivity index (χ0) is 15.7. The first kappa shape index (κ1) is 15.6. The van der Waals surface area contributed by atoms with E-state index in [9.17, 15) is 5.11 Å². The normalized spacial score (nSPS) is 19.2. The van der Waals surface area contributed by atoms with Gasteiger partial charge in [-0.2, -0.15) is 0 Å². The molecule has 1 aliphatic heterocycles. The maximum absolute atomic E-state index is 10.0. The van der Waals surface area contributed by atoms with Crippen LogP contribution in [0.3, 0.4) is 0 Å². The minimum Gasteiger partial charge on any atom is -0.508 e. The summed E-state index contributed by atoms with van der Waals surface area (Å²) in [6.45, 7) is 5.95. The van der Waals surface area contributed by atoms with Crippen LogP contribution in [0.4, 0.5) is 0 Å². The second-order valence-electron chi connectivity index (χ2n) is 6.21. The molecule has 0 amide bonds. The number of hydrogen-bond donors (Lipinski definition) is 1. The van der Waals surface area contributed by atoms with E-state index < -0.39 is 0 Å². The van der Waals surface area contributed by atoms with Gasteiger partial charge in [0.25, 0.3) is 0 Å². The van der Waals surface area contributed by atoms with Crippen LogP contribution in [0.5, 0.6) is 5.75 Å². The predicted octanol–water partition coefficient (Wildman–Crippen LogP) is 4.60. The van der Waals surface area contributed by atoms with Crippen LogP contribution in [0.15, 0.2) is 33.3 Å². The highest BCUT2D eigenvalue weighted by Gasteiger charge is 2.29. The molecule has 5 heteroatoms. The number of benzene rings is 1. The molecule has 22 heavy (non-hydrogen) atoms. The molecule has 4 nitrogen and oxygen atoms in total. The highest BCUT2D eigenvalue weighted by atomic mass is 79.9. The SMILES string of the molecule is CC(C)c1cc([C@@H]2CCCN2Cc2cc(Br)ccc2O)no1. The molecule has 0 aliphatic carbocycles. The lowest BCUT2D eigenvalue weighted by Gasteiger charge is -2.23. The smallest absolute Gasteiger partial charge is 0.139 e. The van der Waals surface area contributed by atoms with Gasteiger partial charge < -0.3 is 9.63 Å². The summed E-state index contributed by atoms with van der Waals surface area (Å²) >= 11 is 3.47. The van der Waals surface area contributed by atoms with Crippen LogP contribution in [-0.2, 0) is 6.54 Å². The minimum atomic E-state index is 0.273. The van der Waals surface area contributed by atoms with Crippen LogP contribution < -0.4 is 0 Å². The Balaban J connectivity index is 1.79. The van der Waals surface area contributed by atoms with Gasteiger partial charge in [0.2, 0.25) is 0 Å². The van der Waals surface area contributed by atoms with Crippen LogP contribution in [0, 0.1) is 0 Å². The Labute approximate surface area is 139 Å².